The van der Waals surface area contributed by atoms with Gasteiger partial charge in [-0.1, -0.05) is 30.0 Å². The Kier molecular flexibility index (Phi) is 4.67. The van der Waals surface area contributed by atoms with Crippen LogP contribution in [0.1, 0.15) is 46.0 Å². The largest absolute Gasteiger partial charge is 0.352 e. The summed E-state index contributed by atoms with van der Waals surface area (Å²) in [4.78, 5) is 25.8. The van der Waals surface area contributed by atoms with Crippen LogP contribution in [0, 0.1) is 0 Å². The maximum absolute atomic E-state index is 12.1. The number of hydrogen-bond donors (Lipinski definition) is 1. The minimum atomic E-state index is -0.197. The smallest absolute Gasteiger partial charge is 0.233 e. The first-order chi connectivity index (χ1) is 10.6. The summed E-state index contributed by atoms with van der Waals surface area (Å²) in [7, 11) is 0. The molecule has 2 fully saturated rings. The lowest BCUT2D eigenvalue weighted by molar-refractivity contribution is -0.120. The highest BCUT2D eigenvalue weighted by Crippen LogP contribution is 2.37. The lowest BCUT2D eigenvalue weighted by atomic mass is 10.4. The molecule has 0 radical (unpaired) electrons. The second-order valence-corrected chi connectivity index (χ2v) is 8.29. The highest BCUT2D eigenvalue weighted by molar-refractivity contribution is 8.02. The molecule has 8 heteroatoms. The predicted octanol–water partition coefficient (Wildman–Crippen LogP) is 2.20. The van der Waals surface area contributed by atoms with Gasteiger partial charge in [-0.2, -0.15) is 0 Å². The van der Waals surface area contributed by atoms with Crippen molar-refractivity contribution in [1.29, 1.82) is 0 Å². The SMILES string of the molecule is CCC(=O)N(c1nnc(S[C@H](C)C(=O)NC2CC2)s1)C1CC1. The number of nitrogens with zero attached hydrogens (tertiary/aromatic N) is 3. The zero-order chi connectivity index (χ0) is 15.7. The van der Waals surface area contributed by atoms with Crippen molar-refractivity contribution in [2.24, 2.45) is 0 Å². The fraction of sp³-hybridized carbons (Fsp3) is 0.714. The molecule has 1 aromatic heterocycles. The van der Waals surface area contributed by atoms with Gasteiger partial charge in [0.15, 0.2) is 4.34 Å². The van der Waals surface area contributed by atoms with E-state index in [-0.39, 0.29) is 23.1 Å². The number of carbonyl (C=O) groups is 2. The van der Waals surface area contributed by atoms with Crippen molar-refractivity contribution in [2.75, 3.05) is 4.90 Å². The first-order valence-corrected chi connectivity index (χ1v) is 9.40. The van der Waals surface area contributed by atoms with Crippen LogP contribution in [0.3, 0.4) is 0 Å². The minimum absolute atomic E-state index is 0.0490. The Hall–Kier alpha value is -1.15. The normalized spacial score (nSPS) is 18.8. The number of anilines is 1. The van der Waals surface area contributed by atoms with Gasteiger partial charge in [0, 0.05) is 18.5 Å². The Balaban J connectivity index is 1.62. The van der Waals surface area contributed by atoms with Gasteiger partial charge in [-0.15, -0.1) is 10.2 Å². The molecule has 1 heterocycles. The second kappa shape index (κ2) is 6.54. The third-order valence-electron chi connectivity index (χ3n) is 3.66. The second-order valence-electron chi connectivity index (χ2n) is 5.74. The molecule has 22 heavy (non-hydrogen) atoms. The molecule has 1 N–H and O–H groups in total. The van der Waals surface area contributed by atoms with Crippen molar-refractivity contribution < 1.29 is 9.59 Å². The number of nitrogens with one attached hydrogen (secondary N) is 1. The molecule has 2 amide bonds. The Morgan fingerprint density at radius 2 is 2.09 bits per heavy atom. The van der Waals surface area contributed by atoms with E-state index in [2.05, 4.69) is 15.5 Å². The van der Waals surface area contributed by atoms with Gasteiger partial charge in [0.05, 0.1) is 5.25 Å². The van der Waals surface area contributed by atoms with E-state index >= 15 is 0 Å². The molecular formula is C14H20N4O2S2. The fourth-order valence-corrected chi connectivity index (χ4v) is 4.15. The molecule has 1 aromatic rings. The molecule has 0 spiro atoms. The van der Waals surface area contributed by atoms with E-state index in [1.165, 1.54) is 23.1 Å². The van der Waals surface area contributed by atoms with E-state index in [9.17, 15) is 9.59 Å². The molecular weight excluding hydrogens is 320 g/mol. The average molecular weight is 340 g/mol. The molecule has 6 nitrogen and oxygen atoms in total. The van der Waals surface area contributed by atoms with Crippen LogP contribution in [0.5, 0.6) is 0 Å². The predicted molar refractivity (Wildman–Crippen MR) is 87.2 cm³/mol. The van der Waals surface area contributed by atoms with Crippen LogP contribution in [0.2, 0.25) is 0 Å². The monoisotopic (exact) mass is 340 g/mol. The summed E-state index contributed by atoms with van der Waals surface area (Å²) < 4.78 is 0.739. The fourth-order valence-electron chi connectivity index (χ4n) is 2.07. The Bertz CT molecular complexity index is 569. The summed E-state index contributed by atoms with van der Waals surface area (Å²) in [5.74, 6) is 0.141. The number of hydrogen-bond acceptors (Lipinski definition) is 6. The quantitative estimate of drug-likeness (QED) is 0.608. The van der Waals surface area contributed by atoms with Crippen molar-refractivity contribution in [3.8, 4) is 0 Å². The Morgan fingerprint density at radius 3 is 2.68 bits per heavy atom. The van der Waals surface area contributed by atoms with Crippen molar-refractivity contribution in [1.82, 2.24) is 15.5 Å². The maximum atomic E-state index is 12.1. The molecule has 2 saturated carbocycles. The van der Waals surface area contributed by atoms with E-state index < -0.39 is 0 Å². The van der Waals surface area contributed by atoms with Crippen LogP contribution in [0.15, 0.2) is 4.34 Å². The number of carbonyl (C=O) groups excluding carboxylic acids is 2. The number of amides is 2. The summed E-state index contributed by atoms with van der Waals surface area (Å²) >= 11 is 2.81. The Labute approximate surface area is 138 Å². The maximum Gasteiger partial charge on any atom is 0.233 e. The van der Waals surface area contributed by atoms with Crippen molar-refractivity contribution in [3.05, 3.63) is 0 Å². The summed E-state index contributed by atoms with van der Waals surface area (Å²) in [6, 6.07) is 0.655. The number of rotatable bonds is 7. The molecule has 2 aliphatic rings. The van der Waals surface area contributed by atoms with Gasteiger partial charge in [-0.3, -0.25) is 14.5 Å². The lowest BCUT2D eigenvalue weighted by Gasteiger charge is -2.17. The molecule has 0 aromatic carbocycles. The summed E-state index contributed by atoms with van der Waals surface area (Å²) in [5.41, 5.74) is 0. The average Bonchev–Trinajstić information content (AvgIpc) is 3.41. The first kappa shape index (κ1) is 15.7. The van der Waals surface area contributed by atoms with E-state index in [4.69, 9.17) is 0 Å². The zero-order valence-corrected chi connectivity index (χ0v) is 14.4. The molecule has 3 rings (SSSR count). The molecule has 120 valence electrons. The van der Waals surface area contributed by atoms with E-state index in [1.807, 2.05) is 13.8 Å². The molecule has 0 bridgehead atoms. The molecule has 0 unspecified atom stereocenters. The van der Waals surface area contributed by atoms with E-state index in [0.717, 1.165) is 30.0 Å². The summed E-state index contributed by atoms with van der Waals surface area (Å²) in [6.45, 7) is 3.73. The number of thioether (sulfide) groups is 1. The molecule has 1 atom stereocenters. The van der Waals surface area contributed by atoms with Crippen LogP contribution in [0.25, 0.3) is 0 Å². The van der Waals surface area contributed by atoms with Crippen LogP contribution in [0.4, 0.5) is 5.13 Å². The first-order valence-electron chi connectivity index (χ1n) is 7.71. The topological polar surface area (TPSA) is 75.2 Å². The number of aromatic nitrogens is 2. The van der Waals surface area contributed by atoms with Gasteiger partial charge >= 0.3 is 0 Å². The highest BCUT2D eigenvalue weighted by Gasteiger charge is 2.35. The van der Waals surface area contributed by atoms with Gasteiger partial charge in [0.25, 0.3) is 0 Å². The third kappa shape index (κ3) is 3.78. The van der Waals surface area contributed by atoms with Gasteiger partial charge < -0.3 is 5.32 Å². The van der Waals surface area contributed by atoms with E-state index in [1.54, 1.807) is 4.90 Å². The van der Waals surface area contributed by atoms with Gasteiger partial charge in [-0.25, -0.2) is 0 Å². The molecule has 0 aliphatic heterocycles. The standard InChI is InChI=1S/C14H20N4O2S2/c1-3-11(19)18(10-6-7-10)13-16-17-14(22-13)21-8(2)12(20)15-9-4-5-9/h8-10H,3-7H2,1-2H3,(H,15,20)/t8-/m1/s1. The van der Waals surface area contributed by atoms with Crippen LogP contribution >= 0.6 is 23.1 Å². The van der Waals surface area contributed by atoms with Gasteiger partial charge in [0.1, 0.15) is 0 Å². The van der Waals surface area contributed by atoms with E-state index in [0.29, 0.717) is 17.6 Å². The van der Waals surface area contributed by atoms with Gasteiger partial charge in [0.2, 0.25) is 16.9 Å². The van der Waals surface area contributed by atoms with Crippen molar-refractivity contribution in [3.63, 3.8) is 0 Å². The highest BCUT2D eigenvalue weighted by atomic mass is 32.2. The van der Waals surface area contributed by atoms with Crippen molar-refractivity contribution >= 4 is 40.0 Å². The van der Waals surface area contributed by atoms with Crippen molar-refractivity contribution in [2.45, 2.75) is 67.6 Å². The van der Waals surface area contributed by atoms with Crippen LogP contribution in [-0.4, -0.2) is 39.3 Å². The Morgan fingerprint density at radius 1 is 1.36 bits per heavy atom. The minimum Gasteiger partial charge on any atom is -0.352 e. The summed E-state index contributed by atoms with van der Waals surface area (Å²) in [5, 5.41) is 11.7. The zero-order valence-electron chi connectivity index (χ0n) is 12.7. The lowest BCUT2D eigenvalue weighted by Crippen LogP contribution is -2.32. The molecule has 2 aliphatic carbocycles. The van der Waals surface area contributed by atoms with Crippen LogP contribution in [-0.2, 0) is 9.59 Å². The molecule has 0 saturated heterocycles. The van der Waals surface area contributed by atoms with Gasteiger partial charge in [-0.05, 0) is 32.6 Å². The third-order valence-corrected chi connectivity index (χ3v) is 5.76. The van der Waals surface area contributed by atoms with Crippen LogP contribution < -0.4 is 10.2 Å². The summed E-state index contributed by atoms with van der Waals surface area (Å²) in [6.07, 6.45) is 4.71.